The molecule has 0 radical (unpaired) electrons. The second-order valence-electron chi connectivity index (χ2n) is 5.52. The lowest BCUT2D eigenvalue weighted by Gasteiger charge is -2.05. The van der Waals surface area contributed by atoms with E-state index in [1.54, 1.807) is 35.6 Å². The van der Waals surface area contributed by atoms with Crippen molar-refractivity contribution in [3.8, 4) is 5.75 Å². The van der Waals surface area contributed by atoms with Gasteiger partial charge in [-0.3, -0.25) is 9.59 Å². The Kier molecular flexibility index (Phi) is 7.60. The molecule has 0 unspecified atom stereocenters. The fraction of sp³-hybridized carbons (Fsp3) is 0.421. The number of carbonyl (C=O) groups excluding carboxylic acids is 2. The molecule has 1 aromatic heterocycles. The highest BCUT2D eigenvalue weighted by molar-refractivity contribution is 7.09. The van der Waals surface area contributed by atoms with Crippen molar-refractivity contribution in [2.24, 2.45) is 0 Å². The number of carbonyl (C=O) groups is 2. The van der Waals surface area contributed by atoms with Gasteiger partial charge in [0.05, 0.1) is 23.7 Å². The first kappa shape index (κ1) is 19.1. The number of Topliss-reactive ketones (excluding diaryl/α,β-unsaturated/α-hetero) is 1. The van der Waals surface area contributed by atoms with Crippen LogP contribution in [-0.2, 0) is 22.6 Å². The first-order chi connectivity index (χ1) is 12.1. The Balaban J connectivity index is 1.73. The molecule has 1 heterocycles. The summed E-state index contributed by atoms with van der Waals surface area (Å²) >= 11 is 1.58. The van der Waals surface area contributed by atoms with Crippen LogP contribution in [0.2, 0.25) is 0 Å². The molecule has 0 fully saturated rings. The number of aromatic nitrogens is 1. The summed E-state index contributed by atoms with van der Waals surface area (Å²) in [5, 5.41) is 2.96. The van der Waals surface area contributed by atoms with Gasteiger partial charge >= 0.3 is 5.97 Å². The first-order valence-corrected chi connectivity index (χ1v) is 9.35. The molecule has 0 aliphatic heterocycles. The van der Waals surface area contributed by atoms with E-state index in [1.807, 2.05) is 12.3 Å². The van der Waals surface area contributed by atoms with Crippen molar-refractivity contribution in [3.63, 3.8) is 0 Å². The molecule has 0 N–H and O–H groups in total. The third kappa shape index (κ3) is 6.31. The molecule has 25 heavy (non-hydrogen) atoms. The van der Waals surface area contributed by atoms with Crippen LogP contribution in [0.15, 0.2) is 29.6 Å². The van der Waals surface area contributed by atoms with Crippen LogP contribution < -0.4 is 4.74 Å². The average molecular weight is 361 g/mol. The van der Waals surface area contributed by atoms with E-state index in [2.05, 4.69) is 11.9 Å². The summed E-state index contributed by atoms with van der Waals surface area (Å²) in [6.45, 7) is 4.75. The number of hydrogen-bond donors (Lipinski definition) is 0. The Morgan fingerprint density at radius 3 is 2.56 bits per heavy atom. The summed E-state index contributed by atoms with van der Waals surface area (Å²) in [5.74, 6) is 0.257. The standard InChI is InChI=1S/C19H23NO4S/c1-3-5-18-20-15(13-25-18)12-24-19(22)11-10-17(21)14-6-8-16(9-7-14)23-4-2/h6-9,13H,3-5,10-12H2,1-2H3. The second-order valence-corrected chi connectivity index (χ2v) is 6.47. The molecule has 0 aliphatic rings. The molecule has 6 heteroatoms. The van der Waals surface area contributed by atoms with Crippen molar-refractivity contribution >= 4 is 23.1 Å². The second kappa shape index (κ2) is 9.93. The number of aryl methyl sites for hydroxylation is 1. The summed E-state index contributed by atoms with van der Waals surface area (Å²) in [4.78, 5) is 28.3. The maximum atomic E-state index is 12.1. The van der Waals surface area contributed by atoms with E-state index in [1.165, 1.54) is 0 Å². The quantitative estimate of drug-likeness (QED) is 0.469. The summed E-state index contributed by atoms with van der Waals surface area (Å²) in [6, 6.07) is 6.93. The van der Waals surface area contributed by atoms with E-state index in [0.29, 0.717) is 12.2 Å². The first-order valence-electron chi connectivity index (χ1n) is 8.47. The van der Waals surface area contributed by atoms with E-state index in [0.717, 1.165) is 29.3 Å². The van der Waals surface area contributed by atoms with Crippen LogP contribution in [0.25, 0.3) is 0 Å². The zero-order valence-corrected chi connectivity index (χ0v) is 15.4. The lowest BCUT2D eigenvalue weighted by molar-refractivity contribution is -0.145. The molecular weight excluding hydrogens is 338 g/mol. The third-order valence-electron chi connectivity index (χ3n) is 3.49. The van der Waals surface area contributed by atoms with Gasteiger partial charge in [0.25, 0.3) is 0 Å². The van der Waals surface area contributed by atoms with E-state index >= 15 is 0 Å². The number of hydrogen-bond acceptors (Lipinski definition) is 6. The number of nitrogens with zero attached hydrogens (tertiary/aromatic N) is 1. The fourth-order valence-corrected chi connectivity index (χ4v) is 3.12. The predicted molar refractivity (Wildman–Crippen MR) is 97.1 cm³/mol. The molecule has 2 rings (SSSR count). The smallest absolute Gasteiger partial charge is 0.306 e. The van der Waals surface area contributed by atoms with E-state index < -0.39 is 0 Å². The van der Waals surface area contributed by atoms with Crippen molar-refractivity contribution in [1.29, 1.82) is 0 Å². The Labute approximate surface area is 152 Å². The summed E-state index contributed by atoms with van der Waals surface area (Å²) in [7, 11) is 0. The molecular formula is C19H23NO4S. The maximum Gasteiger partial charge on any atom is 0.306 e. The van der Waals surface area contributed by atoms with Crippen LogP contribution in [0.5, 0.6) is 5.75 Å². The lowest BCUT2D eigenvalue weighted by Crippen LogP contribution is -2.08. The van der Waals surface area contributed by atoms with Crippen molar-refractivity contribution in [2.75, 3.05) is 6.61 Å². The van der Waals surface area contributed by atoms with Gasteiger partial charge in [0.15, 0.2) is 5.78 Å². The van der Waals surface area contributed by atoms with Crippen LogP contribution in [0.3, 0.4) is 0 Å². The van der Waals surface area contributed by atoms with Gasteiger partial charge in [0, 0.05) is 17.4 Å². The van der Waals surface area contributed by atoms with Crippen LogP contribution >= 0.6 is 11.3 Å². The summed E-state index contributed by atoms with van der Waals surface area (Å²) in [5.41, 5.74) is 1.33. The highest BCUT2D eigenvalue weighted by Crippen LogP contribution is 2.15. The van der Waals surface area contributed by atoms with Crippen LogP contribution in [-0.4, -0.2) is 23.3 Å². The third-order valence-corrected chi connectivity index (χ3v) is 4.45. The van der Waals surface area contributed by atoms with Crippen LogP contribution in [0.1, 0.15) is 54.2 Å². The van der Waals surface area contributed by atoms with Crippen LogP contribution in [0, 0.1) is 0 Å². The molecule has 0 spiro atoms. The average Bonchev–Trinajstić information content (AvgIpc) is 3.07. The zero-order valence-electron chi connectivity index (χ0n) is 14.6. The highest BCUT2D eigenvalue weighted by Gasteiger charge is 2.11. The molecule has 134 valence electrons. The normalized spacial score (nSPS) is 10.5. The number of benzene rings is 1. The predicted octanol–water partition coefficient (Wildman–Crippen LogP) is 4.20. The molecule has 0 aliphatic carbocycles. The van der Waals surface area contributed by atoms with Gasteiger partial charge in [0.2, 0.25) is 0 Å². The van der Waals surface area contributed by atoms with Gasteiger partial charge in [-0.05, 0) is 44.0 Å². The summed E-state index contributed by atoms with van der Waals surface area (Å²) in [6.07, 6.45) is 2.18. The Morgan fingerprint density at radius 2 is 1.88 bits per heavy atom. The van der Waals surface area contributed by atoms with Crippen LogP contribution in [0.4, 0.5) is 0 Å². The topological polar surface area (TPSA) is 65.5 Å². The maximum absolute atomic E-state index is 12.1. The Morgan fingerprint density at radius 1 is 1.12 bits per heavy atom. The van der Waals surface area contributed by atoms with E-state index in [4.69, 9.17) is 9.47 Å². The molecule has 0 saturated heterocycles. The number of thiazole rings is 1. The monoisotopic (exact) mass is 361 g/mol. The molecule has 1 aromatic carbocycles. The Hall–Kier alpha value is -2.21. The number of esters is 1. The minimum atomic E-state index is -0.385. The number of ketones is 1. The molecule has 0 atom stereocenters. The molecule has 5 nitrogen and oxygen atoms in total. The zero-order chi connectivity index (χ0) is 18.1. The van der Waals surface area contributed by atoms with Gasteiger partial charge in [0.1, 0.15) is 12.4 Å². The fourth-order valence-electron chi connectivity index (χ4n) is 2.23. The van der Waals surface area contributed by atoms with Crippen molar-refractivity contribution < 1.29 is 19.1 Å². The highest BCUT2D eigenvalue weighted by atomic mass is 32.1. The van der Waals surface area contributed by atoms with Gasteiger partial charge in [-0.1, -0.05) is 6.92 Å². The number of rotatable bonds is 10. The Bertz CT molecular complexity index is 694. The van der Waals surface area contributed by atoms with E-state index in [9.17, 15) is 9.59 Å². The van der Waals surface area contributed by atoms with Gasteiger partial charge in [-0.2, -0.15) is 0 Å². The van der Waals surface area contributed by atoms with Crippen molar-refractivity contribution in [2.45, 2.75) is 46.1 Å². The summed E-state index contributed by atoms with van der Waals surface area (Å²) < 4.78 is 10.5. The van der Waals surface area contributed by atoms with E-state index in [-0.39, 0.29) is 31.2 Å². The largest absolute Gasteiger partial charge is 0.494 e. The van der Waals surface area contributed by atoms with Crippen molar-refractivity contribution in [3.05, 3.63) is 45.9 Å². The van der Waals surface area contributed by atoms with Gasteiger partial charge in [-0.25, -0.2) is 4.98 Å². The minimum absolute atomic E-state index is 0.0675. The van der Waals surface area contributed by atoms with Gasteiger partial charge < -0.3 is 9.47 Å². The molecule has 2 aromatic rings. The molecule has 0 saturated carbocycles. The van der Waals surface area contributed by atoms with Crippen molar-refractivity contribution in [1.82, 2.24) is 4.98 Å². The molecule has 0 bridgehead atoms. The lowest BCUT2D eigenvalue weighted by atomic mass is 10.1. The molecule has 0 amide bonds. The SMILES string of the molecule is CCCc1nc(COC(=O)CCC(=O)c2ccc(OCC)cc2)cs1. The minimum Gasteiger partial charge on any atom is -0.494 e. The van der Waals surface area contributed by atoms with Gasteiger partial charge in [-0.15, -0.1) is 11.3 Å². The number of ether oxygens (including phenoxy) is 2.